The molecule has 0 radical (unpaired) electrons. The Hall–Kier alpha value is -0.530. The molecule has 1 aromatic carbocycles. The summed E-state index contributed by atoms with van der Waals surface area (Å²) in [6.07, 6.45) is 1.01. The molecular formula is C16H26ClN. The van der Waals surface area contributed by atoms with E-state index in [-0.39, 0.29) is 5.41 Å². The van der Waals surface area contributed by atoms with Gasteiger partial charge in [0.2, 0.25) is 0 Å². The Labute approximate surface area is 117 Å². The Morgan fingerprint density at radius 2 is 1.67 bits per heavy atom. The molecule has 1 nitrogen and oxygen atoms in total. The highest BCUT2D eigenvalue weighted by Crippen LogP contribution is 2.22. The van der Waals surface area contributed by atoms with Crippen LogP contribution in [0.4, 0.5) is 0 Å². The van der Waals surface area contributed by atoms with Gasteiger partial charge in [-0.25, -0.2) is 0 Å². The van der Waals surface area contributed by atoms with Gasteiger partial charge in [0.1, 0.15) is 0 Å². The minimum Gasteiger partial charge on any atom is -0.309 e. The number of nitrogens with one attached hydrogen (secondary N) is 1. The number of hydrogen-bond donors (Lipinski definition) is 1. The molecule has 2 heteroatoms. The summed E-state index contributed by atoms with van der Waals surface area (Å²) in [5.74, 6) is 0.710. The molecule has 0 bridgehead atoms. The van der Waals surface area contributed by atoms with Crippen LogP contribution < -0.4 is 5.32 Å². The van der Waals surface area contributed by atoms with Crippen molar-refractivity contribution in [3.05, 3.63) is 34.9 Å². The van der Waals surface area contributed by atoms with E-state index in [0.29, 0.717) is 11.9 Å². The molecule has 1 unspecified atom stereocenters. The second kappa shape index (κ2) is 6.58. The minimum atomic E-state index is 0.244. The Balaban J connectivity index is 2.67. The van der Waals surface area contributed by atoms with Gasteiger partial charge < -0.3 is 5.32 Å². The third kappa shape index (κ3) is 4.99. The van der Waals surface area contributed by atoms with E-state index in [2.05, 4.69) is 58.1 Å². The summed E-state index contributed by atoms with van der Waals surface area (Å²) in [5, 5.41) is 3.65. The second-order valence-corrected chi connectivity index (χ2v) is 6.65. The smallest absolute Gasteiger partial charge is 0.0238 e. The molecule has 0 aromatic heterocycles. The molecule has 1 atom stereocenters. The van der Waals surface area contributed by atoms with E-state index in [0.717, 1.165) is 13.0 Å². The van der Waals surface area contributed by atoms with E-state index >= 15 is 0 Å². The predicted molar refractivity (Wildman–Crippen MR) is 81.3 cm³/mol. The maximum atomic E-state index is 5.89. The molecule has 0 aliphatic rings. The average Bonchev–Trinajstić information content (AvgIpc) is 2.21. The zero-order valence-electron chi connectivity index (χ0n) is 12.3. The lowest BCUT2D eigenvalue weighted by molar-refractivity contribution is 0.260. The quantitative estimate of drug-likeness (QED) is 0.778. The Kier molecular flexibility index (Phi) is 5.68. The van der Waals surface area contributed by atoms with Crippen molar-refractivity contribution in [2.75, 3.05) is 5.88 Å². The van der Waals surface area contributed by atoms with Crippen LogP contribution in [-0.4, -0.2) is 11.9 Å². The van der Waals surface area contributed by atoms with Crippen molar-refractivity contribution in [1.82, 2.24) is 5.32 Å². The molecular weight excluding hydrogens is 242 g/mol. The lowest BCUT2D eigenvalue weighted by Gasteiger charge is -2.31. The maximum absolute atomic E-state index is 5.89. The lowest BCUT2D eigenvalue weighted by atomic mass is 9.85. The van der Waals surface area contributed by atoms with Crippen LogP contribution in [0.3, 0.4) is 0 Å². The summed E-state index contributed by atoms with van der Waals surface area (Å²) in [6.45, 7) is 12.0. The summed E-state index contributed by atoms with van der Waals surface area (Å²) in [4.78, 5) is 0. The molecule has 0 fully saturated rings. The largest absolute Gasteiger partial charge is 0.309 e. The fourth-order valence-electron chi connectivity index (χ4n) is 2.36. The first kappa shape index (κ1) is 15.5. The zero-order chi connectivity index (χ0) is 13.8. The van der Waals surface area contributed by atoms with Crippen molar-refractivity contribution in [2.24, 2.45) is 5.41 Å². The van der Waals surface area contributed by atoms with Crippen molar-refractivity contribution in [1.29, 1.82) is 0 Å². The van der Waals surface area contributed by atoms with E-state index in [1.807, 2.05) is 0 Å². The molecule has 1 aromatic rings. The van der Waals surface area contributed by atoms with Crippen LogP contribution in [0.1, 0.15) is 43.9 Å². The number of rotatable bonds is 5. The monoisotopic (exact) mass is 267 g/mol. The van der Waals surface area contributed by atoms with Gasteiger partial charge in [0.25, 0.3) is 0 Å². The van der Waals surface area contributed by atoms with E-state index in [9.17, 15) is 0 Å². The molecule has 18 heavy (non-hydrogen) atoms. The van der Waals surface area contributed by atoms with Gasteiger partial charge in [-0.2, -0.15) is 0 Å². The van der Waals surface area contributed by atoms with E-state index in [4.69, 9.17) is 11.6 Å². The third-order valence-corrected chi connectivity index (χ3v) is 3.50. The van der Waals surface area contributed by atoms with Crippen molar-refractivity contribution in [3.63, 3.8) is 0 Å². The molecule has 0 aliphatic carbocycles. The standard InChI is InChI=1S/C16H26ClN/c1-12-8-13(2)10-14(9-12)11-18-15(6-7-17)16(3,4)5/h8-10,15,18H,6-7,11H2,1-5H3. The van der Waals surface area contributed by atoms with Gasteiger partial charge in [-0.05, 0) is 31.2 Å². The highest BCUT2D eigenvalue weighted by Gasteiger charge is 2.23. The third-order valence-electron chi connectivity index (χ3n) is 3.28. The van der Waals surface area contributed by atoms with Crippen molar-refractivity contribution < 1.29 is 0 Å². The van der Waals surface area contributed by atoms with Crippen molar-refractivity contribution in [2.45, 2.75) is 53.6 Å². The number of halogens is 1. The summed E-state index contributed by atoms with van der Waals surface area (Å²) < 4.78 is 0. The molecule has 102 valence electrons. The first-order valence-corrected chi connectivity index (χ1v) is 7.23. The normalized spacial score (nSPS) is 13.7. The number of hydrogen-bond acceptors (Lipinski definition) is 1. The molecule has 1 rings (SSSR count). The highest BCUT2D eigenvalue weighted by atomic mass is 35.5. The zero-order valence-corrected chi connectivity index (χ0v) is 13.1. The van der Waals surface area contributed by atoms with Crippen LogP contribution in [0, 0.1) is 19.3 Å². The SMILES string of the molecule is Cc1cc(C)cc(CNC(CCCl)C(C)(C)C)c1. The summed E-state index contributed by atoms with van der Waals surface area (Å²) >= 11 is 5.89. The van der Waals surface area contributed by atoms with Crippen LogP contribution >= 0.6 is 11.6 Å². The molecule has 0 saturated heterocycles. The van der Waals surface area contributed by atoms with Gasteiger partial charge in [-0.15, -0.1) is 11.6 Å². The average molecular weight is 268 g/mol. The Morgan fingerprint density at radius 1 is 1.11 bits per heavy atom. The lowest BCUT2D eigenvalue weighted by Crippen LogP contribution is -2.40. The molecule has 0 aliphatic heterocycles. The predicted octanol–water partition coefficient (Wildman–Crippen LogP) is 4.44. The van der Waals surface area contributed by atoms with Gasteiger partial charge in [-0.1, -0.05) is 50.1 Å². The minimum absolute atomic E-state index is 0.244. The van der Waals surface area contributed by atoms with E-state index in [1.54, 1.807) is 0 Å². The first-order chi connectivity index (χ1) is 8.32. The van der Waals surface area contributed by atoms with E-state index < -0.39 is 0 Å². The summed E-state index contributed by atoms with van der Waals surface area (Å²) in [5.41, 5.74) is 4.26. The van der Waals surface area contributed by atoms with Crippen molar-refractivity contribution in [3.8, 4) is 0 Å². The van der Waals surface area contributed by atoms with Gasteiger partial charge in [0, 0.05) is 18.5 Å². The summed E-state index contributed by atoms with van der Waals surface area (Å²) in [6, 6.07) is 7.17. The number of aryl methyl sites for hydroxylation is 2. The Bertz CT molecular complexity index is 359. The topological polar surface area (TPSA) is 12.0 Å². The molecule has 0 saturated carbocycles. The fraction of sp³-hybridized carbons (Fsp3) is 0.625. The Morgan fingerprint density at radius 3 is 2.11 bits per heavy atom. The van der Waals surface area contributed by atoms with Gasteiger partial charge >= 0.3 is 0 Å². The van der Waals surface area contributed by atoms with E-state index in [1.165, 1.54) is 16.7 Å². The van der Waals surface area contributed by atoms with Crippen LogP contribution in [0.15, 0.2) is 18.2 Å². The highest BCUT2D eigenvalue weighted by molar-refractivity contribution is 6.17. The first-order valence-electron chi connectivity index (χ1n) is 6.69. The fourth-order valence-corrected chi connectivity index (χ4v) is 2.58. The van der Waals surface area contributed by atoms with Gasteiger partial charge in [0.15, 0.2) is 0 Å². The number of benzene rings is 1. The van der Waals surface area contributed by atoms with Crippen LogP contribution in [0.5, 0.6) is 0 Å². The number of alkyl halides is 1. The summed E-state index contributed by atoms with van der Waals surface area (Å²) in [7, 11) is 0. The molecule has 1 N–H and O–H groups in total. The second-order valence-electron chi connectivity index (χ2n) is 6.27. The molecule has 0 amide bonds. The van der Waals surface area contributed by atoms with Crippen LogP contribution in [-0.2, 0) is 6.54 Å². The van der Waals surface area contributed by atoms with Crippen molar-refractivity contribution >= 4 is 11.6 Å². The molecule has 0 heterocycles. The van der Waals surface area contributed by atoms with Crippen LogP contribution in [0.2, 0.25) is 0 Å². The molecule has 0 spiro atoms. The van der Waals surface area contributed by atoms with Gasteiger partial charge in [-0.3, -0.25) is 0 Å². The van der Waals surface area contributed by atoms with Gasteiger partial charge in [0.05, 0.1) is 0 Å². The maximum Gasteiger partial charge on any atom is 0.0238 e. The van der Waals surface area contributed by atoms with Crippen LogP contribution in [0.25, 0.3) is 0 Å².